The van der Waals surface area contributed by atoms with Gasteiger partial charge in [0.05, 0.1) is 17.2 Å². The van der Waals surface area contributed by atoms with Crippen molar-refractivity contribution in [1.82, 2.24) is 19.7 Å². The van der Waals surface area contributed by atoms with E-state index in [0.29, 0.717) is 50.6 Å². The van der Waals surface area contributed by atoms with Crippen molar-refractivity contribution in [3.05, 3.63) is 45.9 Å². The van der Waals surface area contributed by atoms with Crippen LogP contribution in [0.2, 0.25) is 0 Å². The van der Waals surface area contributed by atoms with E-state index in [9.17, 15) is 9.59 Å². The van der Waals surface area contributed by atoms with E-state index >= 15 is 0 Å². The van der Waals surface area contributed by atoms with Gasteiger partial charge in [0.25, 0.3) is 5.91 Å². The molecular weight excluding hydrogens is 400 g/mol. The molecule has 0 atom stereocenters. The van der Waals surface area contributed by atoms with Gasteiger partial charge in [0, 0.05) is 50.2 Å². The highest BCUT2D eigenvalue weighted by Crippen LogP contribution is 2.18. The summed E-state index contributed by atoms with van der Waals surface area (Å²) >= 11 is 1.59. The van der Waals surface area contributed by atoms with Gasteiger partial charge in [-0.25, -0.2) is 4.98 Å². The Morgan fingerprint density at radius 1 is 1.17 bits per heavy atom. The smallest absolute Gasteiger partial charge is 0.254 e. The van der Waals surface area contributed by atoms with Crippen LogP contribution in [0.4, 0.5) is 0 Å². The molecule has 1 saturated heterocycles. The average molecular weight is 431 g/mol. The Bertz CT molecular complexity index is 858. The molecular formula is C22H30N4O3S. The zero-order valence-electron chi connectivity index (χ0n) is 18.0. The monoisotopic (exact) mass is 430 g/mol. The molecule has 8 heteroatoms. The number of rotatable bonds is 8. The van der Waals surface area contributed by atoms with E-state index in [1.54, 1.807) is 17.4 Å². The van der Waals surface area contributed by atoms with Gasteiger partial charge in [-0.2, -0.15) is 0 Å². The zero-order chi connectivity index (χ0) is 21.5. The van der Waals surface area contributed by atoms with Crippen LogP contribution in [0.3, 0.4) is 0 Å². The maximum atomic E-state index is 12.9. The van der Waals surface area contributed by atoms with Crippen LogP contribution >= 0.6 is 11.3 Å². The first-order valence-corrected chi connectivity index (χ1v) is 11.3. The molecule has 0 saturated carbocycles. The molecule has 0 N–H and O–H groups in total. The van der Waals surface area contributed by atoms with Gasteiger partial charge in [-0.15, -0.1) is 11.3 Å². The topological polar surface area (TPSA) is 66.0 Å². The van der Waals surface area contributed by atoms with Gasteiger partial charge in [-0.05, 0) is 39.0 Å². The molecule has 162 valence electrons. The largest absolute Gasteiger partial charge is 0.487 e. The molecule has 2 heterocycles. The summed E-state index contributed by atoms with van der Waals surface area (Å²) < 4.78 is 5.81. The Labute approximate surface area is 182 Å². The number of thiazole rings is 1. The summed E-state index contributed by atoms with van der Waals surface area (Å²) in [4.78, 5) is 35.4. The lowest BCUT2D eigenvalue weighted by Gasteiger charge is -2.35. The number of ether oxygens (including phenoxy) is 1. The van der Waals surface area contributed by atoms with Gasteiger partial charge in [0.15, 0.2) is 0 Å². The van der Waals surface area contributed by atoms with Crippen molar-refractivity contribution in [1.29, 1.82) is 0 Å². The van der Waals surface area contributed by atoms with E-state index < -0.39 is 0 Å². The van der Waals surface area contributed by atoms with Crippen LogP contribution in [-0.2, 0) is 11.4 Å². The van der Waals surface area contributed by atoms with Crippen molar-refractivity contribution in [3.8, 4) is 5.75 Å². The first-order valence-electron chi connectivity index (χ1n) is 10.4. The molecule has 7 nitrogen and oxygen atoms in total. The number of likely N-dealkylation sites (N-methyl/N-ethyl adjacent to an activating group) is 1. The van der Waals surface area contributed by atoms with Gasteiger partial charge < -0.3 is 14.5 Å². The fraction of sp³-hybridized carbons (Fsp3) is 0.500. The van der Waals surface area contributed by atoms with Crippen molar-refractivity contribution in [2.45, 2.75) is 27.4 Å². The summed E-state index contributed by atoms with van der Waals surface area (Å²) in [6.45, 7) is 10.9. The van der Waals surface area contributed by atoms with Crippen molar-refractivity contribution >= 4 is 23.2 Å². The molecule has 0 unspecified atom stereocenters. The number of benzene rings is 1. The van der Waals surface area contributed by atoms with E-state index in [2.05, 4.69) is 9.88 Å². The first kappa shape index (κ1) is 22.2. The van der Waals surface area contributed by atoms with Crippen LogP contribution in [0.5, 0.6) is 5.75 Å². The molecule has 30 heavy (non-hydrogen) atoms. The van der Waals surface area contributed by atoms with Gasteiger partial charge in [0.1, 0.15) is 12.4 Å². The fourth-order valence-corrected chi connectivity index (χ4v) is 4.11. The number of carbonyl (C=O) groups is 2. The Morgan fingerprint density at radius 3 is 2.53 bits per heavy atom. The fourth-order valence-electron chi connectivity index (χ4n) is 3.51. The number of amides is 2. The minimum absolute atomic E-state index is 0.000303. The lowest BCUT2D eigenvalue weighted by atomic mass is 10.1. The molecule has 1 aromatic heterocycles. The molecule has 3 rings (SSSR count). The lowest BCUT2D eigenvalue weighted by molar-refractivity contribution is -0.132. The number of aromatic nitrogens is 1. The van der Waals surface area contributed by atoms with Gasteiger partial charge in [0.2, 0.25) is 5.91 Å². The molecule has 2 aromatic rings. The number of carbonyl (C=O) groups excluding carboxylic acids is 2. The van der Waals surface area contributed by atoms with E-state index in [0.717, 1.165) is 23.8 Å². The maximum absolute atomic E-state index is 12.9. The van der Waals surface area contributed by atoms with Crippen LogP contribution in [0.15, 0.2) is 29.6 Å². The minimum Gasteiger partial charge on any atom is -0.487 e. The Kier molecular flexibility index (Phi) is 7.81. The molecule has 0 aliphatic carbocycles. The second-order valence-corrected chi connectivity index (χ2v) is 8.37. The zero-order valence-corrected chi connectivity index (χ0v) is 18.8. The summed E-state index contributed by atoms with van der Waals surface area (Å²) in [5, 5.41) is 2.99. The molecule has 1 aromatic carbocycles. The Morgan fingerprint density at radius 2 is 1.90 bits per heavy atom. The van der Waals surface area contributed by atoms with Gasteiger partial charge in [-0.1, -0.05) is 6.07 Å². The number of nitrogens with zero attached hydrogens (tertiary/aromatic N) is 4. The van der Waals surface area contributed by atoms with Crippen molar-refractivity contribution in [2.75, 3.05) is 45.8 Å². The summed E-state index contributed by atoms with van der Waals surface area (Å²) in [7, 11) is 0. The third kappa shape index (κ3) is 5.79. The summed E-state index contributed by atoms with van der Waals surface area (Å²) in [5.41, 5.74) is 1.51. The summed E-state index contributed by atoms with van der Waals surface area (Å²) in [6, 6.07) is 7.30. The maximum Gasteiger partial charge on any atom is 0.254 e. The molecule has 1 aliphatic heterocycles. The Hall–Kier alpha value is -2.45. The molecule has 2 amide bonds. The van der Waals surface area contributed by atoms with E-state index in [-0.39, 0.29) is 11.8 Å². The number of piperazine rings is 1. The number of hydrogen-bond donors (Lipinski definition) is 0. The standard InChI is InChI=1S/C22H30N4O3S/c1-4-25(5-2)21(27)14-24-9-11-26(12-10-24)22(28)18-7-6-8-20(13-18)29-15-19-16-30-17(3)23-19/h6-8,13,16H,4-5,9-12,14-15H2,1-3H3. The highest BCUT2D eigenvalue weighted by Gasteiger charge is 2.24. The third-order valence-corrected chi connectivity index (χ3v) is 6.09. The molecule has 0 radical (unpaired) electrons. The third-order valence-electron chi connectivity index (χ3n) is 5.27. The first-order chi connectivity index (χ1) is 14.5. The second kappa shape index (κ2) is 10.5. The second-order valence-electron chi connectivity index (χ2n) is 7.31. The normalized spacial score (nSPS) is 14.6. The van der Waals surface area contributed by atoms with E-state index in [1.165, 1.54) is 0 Å². The molecule has 0 bridgehead atoms. The van der Waals surface area contributed by atoms with Crippen molar-refractivity contribution < 1.29 is 14.3 Å². The minimum atomic E-state index is -0.000303. The molecule has 1 aliphatic rings. The average Bonchev–Trinajstić information content (AvgIpc) is 3.18. The van der Waals surface area contributed by atoms with Crippen LogP contribution in [-0.4, -0.2) is 77.3 Å². The quantitative estimate of drug-likeness (QED) is 0.644. The van der Waals surface area contributed by atoms with E-state index in [4.69, 9.17) is 4.74 Å². The highest BCUT2D eigenvalue weighted by atomic mass is 32.1. The lowest BCUT2D eigenvalue weighted by Crippen LogP contribution is -2.51. The van der Waals surface area contributed by atoms with Gasteiger partial charge in [-0.3, -0.25) is 14.5 Å². The predicted molar refractivity (Wildman–Crippen MR) is 118 cm³/mol. The summed E-state index contributed by atoms with van der Waals surface area (Å²) in [6.07, 6.45) is 0. The SMILES string of the molecule is CCN(CC)C(=O)CN1CCN(C(=O)c2cccc(OCc3csc(C)n3)c2)CC1. The van der Waals surface area contributed by atoms with E-state index in [1.807, 2.05) is 54.2 Å². The Balaban J connectivity index is 1.51. The number of hydrogen-bond acceptors (Lipinski definition) is 6. The predicted octanol–water partition coefficient (Wildman–Crippen LogP) is 2.66. The molecule has 0 spiro atoms. The summed E-state index contributed by atoms with van der Waals surface area (Å²) in [5.74, 6) is 0.814. The van der Waals surface area contributed by atoms with Crippen molar-refractivity contribution in [3.63, 3.8) is 0 Å². The van der Waals surface area contributed by atoms with Gasteiger partial charge >= 0.3 is 0 Å². The molecule has 1 fully saturated rings. The highest BCUT2D eigenvalue weighted by molar-refractivity contribution is 7.09. The van der Waals surface area contributed by atoms with Crippen LogP contribution in [0, 0.1) is 6.92 Å². The van der Waals surface area contributed by atoms with Crippen LogP contribution < -0.4 is 4.74 Å². The van der Waals surface area contributed by atoms with Crippen molar-refractivity contribution in [2.24, 2.45) is 0 Å². The number of aryl methyl sites for hydroxylation is 1. The van der Waals surface area contributed by atoms with Crippen LogP contribution in [0.25, 0.3) is 0 Å². The van der Waals surface area contributed by atoms with Crippen LogP contribution in [0.1, 0.15) is 34.9 Å².